The highest BCUT2D eigenvalue weighted by atomic mass is 127. The Hall–Kier alpha value is -0.433. The third-order valence-corrected chi connectivity index (χ3v) is 2.83. The summed E-state index contributed by atoms with van der Waals surface area (Å²) >= 11 is 1.80. The summed E-state index contributed by atoms with van der Waals surface area (Å²) in [5.74, 6) is -0.831. The molecule has 0 radical (unpaired) electrons. The molecular weight excluding hydrogens is 302 g/mol. The minimum absolute atomic E-state index is 0.302. The molecule has 1 rings (SSSR count). The maximum absolute atomic E-state index is 13.0. The summed E-state index contributed by atoms with van der Waals surface area (Å²) in [6, 6.07) is 4.38. The molecule has 5 heteroatoms. The number of benzene rings is 1. The van der Waals surface area contributed by atoms with Crippen LogP contribution in [-0.2, 0) is 4.74 Å². The van der Waals surface area contributed by atoms with Gasteiger partial charge in [-0.1, -0.05) is 6.07 Å². The van der Waals surface area contributed by atoms with Crippen molar-refractivity contribution in [3.8, 4) is 0 Å². The molecule has 1 aromatic carbocycles. The number of esters is 1. The SMILES string of the molecule is O=C(OC[SiH3])c1cccc(F)c1I. The fourth-order valence-corrected chi connectivity index (χ4v) is 1.71. The van der Waals surface area contributed by atoms with Crippen LogP contribution in [0.2, 0.25) is 0 Å². The van der Waals surface area contributed by atoms with Crippen LogP contribution in [0.25, 0.3) is 0 Å². The maximum Gasteiger partial charge on any atom is 0.338 e. The Kier molecular flexibility index (Phi) is 3.85. The molecule has 0 atom stereocenters. The Morgan fingerprint density at radius 3 is 2.92 bits per heavy atom. The van der Waals surface area contributed by atoms with Crippen molar-refractivity contribution in [2.75, 3.05) is 6.23 Å². The van der Waals surface area contributed by atoms with Crippen LogP contribution in [-0.4, -0.2) is 22.4 Å². The zero-order chi connectivity index (χ0) is 9.84. The highest BCUT2D eigenvalue weighted by Gasteiger charge is 2.12. The molecule has 2 nitrogen and oxygen atoms in total. The maximum atomic E-state index is 13.0. The summed E-state index contributed by atoms with van der Waals surface area (Å²) in [5.41, 5.74) is 0.302. The molecule has 0 saturated carbocycles. The molecule has 0 aliphatic carbocycles. The Labute approximate surface area is 92.0 Å². The molecule has 0 aliphatic heterocycles. The van der Waals surface area contributed by atoms with Crippen molar-refractivity contribution in [1.82, 2.24) is 0 Å². The van der Waals surface area contributed by atoms with Crippen LogP contribution in [0.15, 0.2) is 18.2 Å². The van der Waals surface area contributed by atoms with Crippen molar-refractivity contribution in [3.05, 3.63) is 33.1 Å². The van der Waals surface area contributed by atoms with Crippen molar-refractivity contribution in [3.63, 3.8) is 0 Å². The Morgan fingerprint density at radius 2 is 2.31 bits per heavy atom. The first-order valence-electron chi connectivity index (χ1n) is 3.78. The van der Waals surface area contributed by atoms with E-state index in [0.717, 1.165) is 10.2 Å². The van der Waals surface area contributed by atoms with Gasteiger partial charge in [-0.25, -0.2) is 9.18 Å². The molecule has 0 aromatic heterocycles. The topological polar surface area (TPSA) is 26.3 Å². The molecule has 13 heavy (non-hydrogen) atoms. The second-order valence-electron chi connectivity index (χ2n) is 2.32. The molecule has 0 aliphatic rings. The summed E-state index contributed by atoms with van der Waals surface area (Å²) in [4.78, 5) is 11.2. The largest absolute Gasteiger partial charge is 0.467 e. The molecule has 70 valence electrons. The number of hydrogen-bond acceptors (Lipinski definition) is 2. The van der Waals surface area contributed by atoms with Gasteiger partial charge in [-0.15, -0.1) is 0 Å². The normalized spacial score (nSPS) is 10.0. The van der Waals surface area contributed by atoms with Gasteiger partial charge >= 0.3 is 5.97 Å². The molecule has 0 fully saturated rings. The van der Waals surface area contributed by atoms with Crippen molar-refractivity contribution in [1.29, 1.82) is 0 Å². The Bertz CT molecular complexity index is 330. The van der Waals surface area contributed by atoms with Gasteiger partial charge < -0.3 is 4.74 Å². The first kappa shape index (κ1) is 10.6. The summed E-state index contributed by atoms with van der Waals surface area (Å²) in [7, 11) is 0.795. The fourth-order valence-electron chi connectivity index (χ4n) is 0.870. The van der Waals surface area contributed by atoms with E-state index < -0.39 is 5.97 Å². The minimum atomic E-state index is -0.445. The van der Waals surface area contributed by atoms with Crippen LogP contribution in [0.4, 0.5) is 4.39 Å². The van der Waals surface area contributed by atoms with Gasteiger partial charge in [0.05, 0.1) is 25.6 Å². The van der Waals surface area contributed by atoms with E-state index in [4.69, 9.17) is 4.74 Å². The second-order valence-corrected chi connectivity index (χ2v) is 3.98. The lowest BCUT2D eigenvalue weighted by molar-refractivity contribution is 0.0571. The van der Waals surface area contributed by atoms with Crippen LogP contribution in [0.5, 0.6) is 0 Å². The van der Waals surface area contributed by atoms with E-state index in [1.807, 2.05) is 0 Å². The number of carbonyl (C=O) groups is 1. The molecule has 0 spiro atoms. The van der Waals surface area contributed by atoms with Gasteiger partial charge in [0.25, 0.3) is 0 Å². The number of carbonyl (C=O) groups excluding carboxylic acids is 1. The second kappa shape index (κ2) is 4.71. The first-order valence-corrected chi connectivity index (χ1v) is 6.27. The van der Waals surface area contributed by atoms with Gasteiger partial charge in [-0.05, 0) is 34.7 Å². The number of ether oxygens (including phenoxy) is 1. The highest BCUT2D eigenvalue weighted by molar-refractivity contribution is 14.1. The first-order chi connectivity index (χ1) is 6.16. The van der Waals surface area contributed by atoms with Crippen LogP contribution in [0, 0.1) is 9.39 Å². The summed E-state index contributed by atoms with van der Waals surface area (Å²) < 4.78 is 18.1. The van der Waals surface area contributed by atoms with E-state index in [9.17, 15) is 9.18 Å². The van der Waals surface area contributed by atoms with Gasteiger partial charge in [0.1, 0.15) is 5.82 Å². The predicted octanol–water partition coefficient (Wildman–Crippen LogP) is 0.910. The molecule has 0 unspecified atom stereocenters. The van der Waals surface area contributed by atoms with E-state index in [1.54, 1.807) is 28.7 Å². The van der Waals surface area contributed by atoms with E-state index in [-0.39, 0.29) is 5.82 Å². The van der Waals surface area contributed by atoms with Gasteiger partial charge in [0, 0.05) is 0 Å². The third-order valence-electron chi connectivity index (χ3n) is 1.45. The number of hydrogen-bond donors (Lipinski definition) is 0. The summed E-state index contributed by atoms with van der Waals surface area (Å²) in [5, 5.41) is 0. The van der Waals surface area contributed by atoms with E-state index in [1.165, 1.54) is 12.1 Å². The van der Waals surface area contributed by atoms with Gasteiger partial charge in [0.2, 0.25) is 0 Å². The number of rotatable bonds is 2. The minimum Gasteiger partial charge on any atom is -0.467 e. The van der Waals surface area contributed by atoms with Crippen LogP contribution in [0.1, 0.15) is 10.4 Å². The predicted molar refractivity (Wildman–Crippen MR) is 59.3 cm³/mol. The average molecular weight is 310 g/mol. The van der Waals surface area contributed by atoms with Gasteiger partial charge in [-0.3, -0.25) is 0 Å². The van der Waals surface area contributed by atoms with Crippen molar-refractivity contribution in [2.24, 2.45) is 0 Å². The molecular formula is C8H8FIO2Si. The van der Waals surface area contributed by atoms with Gasteiger partial charge in [0.15, 0.2) is 0 Å². The Morgan fingerprint density at radius 1 is 1.62 bits per heavy atom. The highest BCUT2D eigenvalue weighted by Crippen LogP contribution is 2.16. The zero-order valence-electron chi connectivity index (χ0n) is 7.01. The monoisotopic (exact) mass is 310 g/mol. The lowest BCUT2D eigenvalue weighted by Crippen LogP contribution is -2.08. The molecule has 0 bridgehead atoms. The van der Waals surface area contributed by atoms with Gasteiger partial charge in [-0.2, -0.15) is 0 Å². The molecule has 0 N–H and O–H groups in total. The third kappa shape index (κ3) is 2.50. The lowest BCUT2D eigenvalue weighted by atomic mass is 10.2. The van der Waals surface area contributed by atoms with Crippen LogP contribution >= 0.6 is 22.6 Å². The van der Waals surface area contributed by atoms with Crippen molar-refractivity contribution in [2.45, 2.75) is 0 Å². The van der Waals surface area contributed by atoms with E-state index in [0.29, 0.717) is 15.4 Å². The molecule has 0 saturated heterocycles. The zero-order valence-corrected chi connectivity index (χ0v) is 11.2. The fraction of sp³-hybridized carbons (Fsp3) is 0.125. The number of halogens is 2. The summed E-state index contributed by atoms with van der Waals surface area (Å²) in [6.07, 6.45) is 0.436. The standard InChI is InChI=1S/C8H8FIO2Si/c9-6-3-1-2-5(7(6)10)8(11)12-4-13/h1-3H,4H2,13H3. The van der Waals surface area contributed by atoms with E-state index >= 15 is 0 Å². The lowest BCUT2D eigenvalue weighted by Gasteiger charge is -2.03. The van der Waals surface area contributed by atoms with Crippen LogP contribution in [0.3, 0.4) is 0 Å². The van der Waals surface area contributed by atoms with Crippen LogP contribution < -0.4 is 0 Å². The van der Waals surface area contributed by atoms with Crippen molar-refractivity contribution < 1.29 is 13.9 Å². The molecule has 0 heterocycles. The quantitative estimate of drug-likeness (QED) is 0.461. The van der Waals surface area contributed by atoms with E-state index in [2.05, 4.69) is 0 Å². The molecule has 0 amide bonds. The molecule has 1 aromatic rings. The van der Waals surface area contributed by atoms with Crippen molar-refractivity contribution >= 4 is 38.8 Å². The average Bonchev–Trinajstić information content (AvgIpc) is 2.10. The summed E-state index contributed by atoms with van der Waals surface area (Å²) in [6.45, 7) is 0. The smallest absolute Gasteiger partial charge is 0.338 e. The Balaban J connectivity index is 3.01.